The molecule has 0 amide bonds. The fourth-order valence-electron chi connectivity index (χ4n) is 2.29. The van der Waals surface area contributed by atoms with Crippen molar-refractivity contribution >= 4 is 19.9 Å². The molecule has 2 unspecified atom stereocenters. The molecule has 1 radical (unpaired) electrons. The van der Waals surface area contributed by atoms with Crippen molar-refractivity contribution in [3.05, 3.63) is 42.0 Å². The molecular formula is C14H22BN2OS. The lowest BCUT2D eigenvalue weighted by Crippen LogP contribution is -2.39. The van der Waals surface area contributed by atoms with Gasteiger partial charge in [0.25, 0.3) is 0 Å². The van der Waals surface area contributed by atoms with Crippen LogP contribution in [0, 0.1) is 4.91 Å². The standard InChI is InChI=1S/C14H22BN2OS/c1-4-8-17(10-11(2)13-5-7-15-13)14(6-9-19)12(3)16-18/h4,13-14,19H,1-3,5-10H2. The smallest absolute Gasteiger partial charge is 0.119 e. The summed E-state index contributed by atoms with van der Waals surface area (Å²) in [4.78, 5) is 12.9. The van der Waals surface area contributed by atoms with E-state index < -0.39 is 0 Å². The summed E-state index contributed by atoms with van der Waals surface area (Å²) in [5, 5.41) is 3.01. The molecule has 2 atom stereocenters. The van der Waals surface area contributed by atoms with E-state index in [1.165, 1.54) is 18.3 Å². The van der Waals surface area contributed by atoms with Gasteiger partial charge in [0.2, 0.25) is 0 Å². The number of thiol groups is 1. The van der Waals surface area contributed by atoms with E-state index in [9.17, 15) is 4.91 Å². The Bertz CT molecular complexity index is 355. The molecule has 1 saturated heterocycles. The second kappa shape index (κ2) is 8.38. The van der Waals surface area contributed by atoms with E-state index in [4.69, 9.17) is 0 Å². The molecule has 0 aromatic heterocycles. The van der Waals surface area contributed by atoms with Gasteiger partial charge in [0.1, 0.15) is 7.28 Å². The Balaban J connectivity index is 2.70. The minimum absolute atomic E-state index is 0.0789. The molecule has 1 aliphatic rings. The molecule has 19 heavy (non-hydrogen) atoms. The zero-order chi connectivity index (χ0) is 14.3. The summed E-state index contributed by atoms with van der Waals surface area (Å²) in [6, 6.07) is -0.0789. The number of hydrogen-bond donors (Lipinski definition) is 1. The van der Waals surface area contributed by atoms with Crippen LogP contribution in [0.15, 0.2) is 42.3 Å². The molecule has 0 aliphatic carbocycles. The number of hydrogen-bond acceptors (Lipinski definition) is 4. The number of rotatable bonds is 10. The van der Waals surface area contributed by atoms with Crippen LogP contribution in [0.1, 0.15) is 12.8 Å². The van der Waals surface area contributed by atoms with E-state index in [1.54, 1.807) is 0 Å². The molecular weight excluding hydrogens is 255 g/mol. The third-order valence-corrected chi connectivity index (χ3v) is 3.83. The maximum atomic E-state index is 10.8. The highest BCUT2D eigenvalue weighted by molar-refractivity contribution is 7.80. The summed E-state index contributed by atoms with van der Waals surface area (Å²) in [5.41, 5.74) is 1.55. The van der Waals surface area contributed by atoms with Crippen LogP contribution in [0.4, 0.5) is 0 Å². The molecule has 0 aromatic carbocycles. The van der Waals surface area contributed by atoms with Gasteiger partial charge in [-0.3, -0.25) is 4.90 Å². The van der Waals surface area contributed by atoms with Gasteiger partial charge in [-0.15, -0.1) is 11.5 Å². The molecule has 5 heteroatoms. The molecule has 0 aromatic rings. The van der Waals surface area contributed by atoms with Crippen molar-refractivity contribution in [2.24, 2.45) is 5.18 Å². The molecule has 0 spiro atoms. The SMILES string of the molecule is C=CCN(CC(=C)C1[B]CC1)C(CCS)C(=C)N=O. The minimum atomic E-state index is -0.0789. The lowest BCUT2D eigenvalue weighted by molar-refractivity contribution is 0.256. The zero-order valence-electron chi connectivity index (χ0n) is 11.4. The summed E-state index contributed by atoms with van der Waals surface area (Å²) in [7, 11) is 2.29. The fourth-order valence-corrected chi connectivity index (χ4v) is 2.54. The summed E-state index contributed by atoms with van der Waals surface area (Å²) < 4.78 is 0. The average Bonchev–Trinajstić information content (AvgIpc) is 2.32. The normalized spacial score (nSPS) is 19.2. The number of nitrogens with zero attached hydrogens (tertiary/aromatic N) is 2. The Labute approximate surface area is 122 Å². The van der Waals surface area contributed by atoms with Crippen molar-refractivity contribution < 1.29 is 0 Å². The predicted molar refractivity (Wildman–Crippen MR) is 87.0 cm³/mol. The van der Waals surface area contributed by atoms with Crippen LogP contribution in [0.5, 0.6) is 0 Å². The van der Waals surface area contributed by atoms with Crippen molar-refractivity contribution in [1.82, 2.24) is 4.90 Å². The van der Waals surface area contributed by atoms with Crippen LogP contribution in [0.3, 0.4) is 0 Å². The van der Waals surface area contributed by atoms with E-state index in [1.807, 2.05) is 6.08 Å². The Morgan fingerprint density at radius 1 is 1.58 bits per heavy atom. The largest absolute Gasteiger partial charge is 0.287 e. The second-order valence-electron chi connectivity index (χ2n) is 4.91. The van der Waals surface area contributed by atoms with Crippen molar-refractivity contribution in [1.29, 1.82) is 0 Å². The summed E-state index contributed by atoms with van der Waals surface area (Å²) >= 11 is 4.25. The van der Waals surface area contributed by atoms with Crippen molar-refractivity contribution in [3.8, 4) is 0 Å². The lowest BCUT2D eigenvalue weighted by atomic mass is 9.46. The summed E-state index contributed by atoms with van der Waals surface area (Å²) in [6.07, 6.45) is 4.95. The van der Waals surface area contributed by atoms with Crippen LogP contribution in [0.25, 0.3) is 0 Å². The second-order valence-corrected chi connectivity index (χ2v) is 5.35. The first kappa shape index (κ1) is 16.2. The molecule has 1 aliphatic heterocycles. The third-order valence-electron chi connectivity index (χ3n) is 3.57. The van der Waals surface area contributed by atoms with E-state index in [-0.39, 0.29) is 6.04 Å². The van der Waals surface area contributed by atoms with Crippen LogP contribution in [-0.2, 0) is 0 Å². The zero-order valence-corrected chi connectivity index (χ0v) is 12.3. The van der Waals surface area contributed by atoms with Gasteiger partial charge in [-0.1, -0.05) is 37.5 Å². The first-order valence-electron chi connectivity index (χ1n) is 6.63. The monoisotopic (exact) mass is 277 g/mol. The fraction of sp³-hybridized carbons (Fsp3) is 0.571. The third kappa shape index (κ3) is 4.66. The molecule has 103 valence electrons. The Morgan fingerprint density at radius 2 is 2.26 bits per heavy atom. The first-order valence-corrected chi connectivity index (χ1v) is 7.26. The average molecular weight is 277 g/mol. The highest BCUT2D eigenvalue weighted by Crippen LogP contribution is 2.33. The topological polar surface area (TPSA) is 32.7 Å². The number of nitroso groups, excluding NO2 is 1. The van der Waals surface area contributed by atoms with Gasteiger partial charge in [0.05, 0.1) is 11.7 Å². The Hall–Kier alpha value is -0.805. The molecule has 0 bridgehead atoms. The van der Waals surface area contributed by atoms with Crippen LogP contribution < -0.4 is 0 Å². The molecule has 1 rings (SSSR count). The molecule has 1 fully saturated rings. The van der Waals surface area contributed by atoms with Gasteiger partial charge in [-0.2, -0.15) is 12.6 Å². The first-order chi connectivity index (χ1) is 9.13. The predicted octanol–water partition coefficient (Wildman–Crippen LogP) is 3.31. The van der Waals surface area contributed by atoms with E-state index in [0.29, 0.717) is 23.8 Å². The van der Waals surface area contributed by atoms with E-state index in [0.717, 1.165) is 13.0 Å². The Morgan fingerprint density at radius 3 is 2.68 bits per heavy atom. The molecule has 0 saturated carbocycles. The highest BCUT2D eigenvalue weighted by atomic mass is 32.1. The quantitative estimate of drug-likeness (QED) is 0.287. The lowest BCUT2D eigenvalue weighted by Gasteiger charge is -2.34. The maximum absolute atomic E-state index is 10.8. The van der Waals surface area contributed by atoms with Gasteiger partial charge in [-0.25, -0.2) is 0 Å². The summed E-state index contributed by atoms with van der Waals surface area (Å²) in [5.74, 6) is 1.20. The van der Waals surface area contributed by atoms with Crippen molar-refractivity contribution in [3.63, 3.8) is 0 Å². The van der Waals surface area contributed by atoms with Crippen molar-refractivity contribution in [2.75, 3.05) is 18.8 Å². The Kier molecular flexibility index (Phi) is 7.17. The minimum Gasteiger partial charge on any atom is -0.287 e. The van der Waals surface area contributed by atoms with Gasteiger partial charge < -0.3 is 0 Å². The van der Waals surface area contributed by atoms with Gasteiger partial charge in [0.15, 0.2) is 0 Å². The van der Waals surface area contributed by atoms with Gasteiger partial charge >= 0.3 is 0 Å². The van der Waals surface area contributed by atoms with Crippen LogP contribution >= 0.6 is 12.6 Å². The molecule has 0 N–H and O–H groups in total. The van der Waals surface area contributed by atoms with Gasteiger partial charge in [-0.05, 0) is 23.2 Å². The van der Waals surface area contributed by atoms with E-state index in [2.05, 4.69) is 49.7 Å². The van der Waals surface area contributed by atoms with Crippen LogP contribution in [-0.4, -0.2) is 37.1 Å². The maximum Gasteiger partial charge on any atom is 0.119 e. The molecule has 3 nitrogen and oxygen atoms in total. The summed E-state index contributed by atoms with van der Waals surface area (Å²) in [6.45, 7) is 13.1. The van der Waals surface area contributed by atoms with Crippen LogP contribution in [0.2, 0.25) is 12.1 Å². The van der Waals surface area contributed by atoms with E-state index >= 15 is 0 Å². The van der Waals surface area contributed by atoms with Gasteiger partial charge in [0, 0.05) is 13.1 Å². The highest BCUT2D eigenvalue weighted by Gasteiger charge is 2.26. The molecule has 1 heterocycles. The van der Waals surface area contributed by atoms with Crippen molar-refractivity contribution in [2.45, 2.75) is 31.0 Å².